The first-order valence-electron chi connectivity index (χ1n) is 8.06. The Hall–Kier alpha value is -2.15. The SMILES string of the molecule is CCN(C(=O)c1cnn(Cc2ccccc2)c1)[C@H]1CCS(=O)(=O)C1. The van der Waals surface area contributed by atoms with Crippen LogP contribution in [0.25, 0.3) is 0 Å². The molecule has 6 nitrogen and oxygen atoms in total. The van der Waals surface area contributed by atoms with Crippen molar-refractivity contribution in [3.63, 3.8) is 0 Å². The molecule has 0 unspecified atom stereocenters. The van der Waals surface area contributed by atoms with Gasteiger partial charge in [0.05, 0.1) is 29.8 Å². The third-order valence-corrected chi connectivity index (χ3v) is 6.07. The van der Waals surface area contributed by atoms with E-state index in [1.165, 1.54) is 0 Å². The molecule has 24 heavy (non-hydrogen) atoms. The summed E-state index contributed by atoms with van der Waals surface area (Å²) in [6.07, 6.45) is 3.79. The van der Waals surface area contributed by atoms with E-state index in [0.717, 1.165) is 5.56 Å². The van der Waals surface area contributed by atoms with Crippen molar-refractivity contribution < 1.29 is 13.2 Å². The van der Waals surface area contributed by atoms with Crippen molar-refractivity contribution in [2.75, 3.05) is 18.1 Å². The number of benzene rings is 1. The lowest BCUT2D eigenvalue weighted by Crippen LogP contribution is -2.40. The second-order valence-corrected chi connectivity index (χ2v) is 8.29. The Labute approximate surface area is 142 Å². The van der Waals surface area contributed by atoms with Crippen molar-refractivity contribution >= 4 is 15.7 Å². The maximum absolute atomic E-state index is 12.7. The second-order valence-electron chi connectivity index (χ2n) is 6.06. The molecule has 1 saturated heterocycles. The highest BCUT2D eigenvalue weighted by molar-refractivity contribution is 7.91. The van der Waals surface area contributed by atoms with Gasteiger partial charge >= 0.3 is 0 Å². The van der Waals surface area contributed by atoms with E-state index in [4.69, 9.17) is 0 Å². The van der Waals surface area contributed by atoms with Crippen LogP contribution in [0.3, 0.4) is 0 Å². The summed E-state index contributed by atoms with van der Waals surface area (Å²) in [7, 11) is -3.02. The molecule has 0 N–H and O–H groups in total. The number of sulfone groups is 1. The van der Waals surface area contributed by atoms with Gasteiger partial charge in [0, 0.05) is 18.8 Å². The topological polar surface area (TPSA) is 72.3 Å². The van der Waals surface area contributed by atoms with Crippen LogP contribution in [-0.4, -0.2) is 53.1 Å². The van der Waals surface area contributed by atoms with Crippen molar-refractivity contribution in [2.24, 2.45) is 0 Å². The normalized spacial score (nSPS) is 19.3. The van der Waals surface area contributed by atoms with E-state index >= 15 is 0 Å². The van der Waals surface area contributed by atoms with Gasteiger partial charge in [-0.05, 0) is 18.9 Å². The van der Waals surface area contributed by atoms with Gasteiger partial charge in [0.25, 0.3) is 5.91 Å². The molecule has 0 bridgehead atoms. The smallest absolute Gasteiger partial charge is 0.257 e. The number of carbonyl (C=O) groups is 1. The van der Waals surface area contributed by atoms with E-state index in [1.807, 2.05) is 37.3 Å². The number of aromatic nitrogens is 2. The molecule has 0 spiro atoms. The number of hydrogen-bond acceptors (Lipinski definition) is 4. The lowest BCUT2D eigenvalue weighted by Gasteiger charge is -2.26. The number of rotatable bonds is 5. The monoisotopic (exact) mass is 347 g/mol. The predicted octanol–water partition coefficient (Wildman–Crippen LogP) is 1.58. The van der Waals surface area contributed by atoms with Gasteiger partial charge in [0.1, 0.15) is 0 Å². The Morgan fingerprint density at radius 3 is 2.71 bits per heavy atom. The lowest BCUT2D eigenvalue weighted by atomic mass is 10.2. The van der Waals surface area contributed by atoms with Crippen molar-refractivity contribution in [3.8, 4) is 0 Å². The van der Waals surface area contributed by atoms with E-state index in [9.17, 15) is 13.2 Å². The Morgan fingerprint density at radius 1 is 1.33 bits per heavy atom. The fourth-order valence-electron chi connectivity index (χ4n) is 3.09. The Bertz CT molecular complexity index is 815. The highest BCUT2D eigenvalue weighted by atomic mass is 32.2. The minimum Gasteiger partial charge on any atom is -0.335 e. The molecule has 0 radical (unpaired) electrons. The molecule has 1 fully saturated rings. The first-order chi connectivity index (χ1) is 11.5. The number of amides is 1. The summed E-state index contributed by atoms with van der Waals surface area (Å²) in [4.78, 5) is 14.4. The first kappa shape index (κ1) is 16.7. The maximum atomic E-state index is 12.7. The van der Waals surface area contributed by atoms with Crippen molar-refractivity contribution in [3.05, 3.63) is 53.9 Å². The minimum absolute atomic E-state index is 0.0603. The van der Waals surface area contributed by atoms with Crippen LogP contribution < -0.4 is 0 Å². The minimum atomic E-state index is -3.02. The van der Waals surface area contributed by atoms with E-state index in [0.29, 0.717) is 25.1 Å². The molecular formula is C17H21N3O3S. The maximum Gasteiger partial charge on any atom is 0.257 e. The fourth-order valence-corrected chi connectivity index (χ4v) is 4.82. The largest absolute Gasteiger partial charge is 0.335 e. The first-order valence-corrected chi connectivity index (χ1v) is 9.88. The van der Waals surface area contributed by atoms with Crippen molar-refractivity contribution in [2.45, 2.75) is 25.9 Å². The molecule has 0 aliphatic carbocycles. The van der Waals surface area contributed by atoms with Gasteiger partial charge in [-0.2, -0.15) is 5.10 Å². The summed E-state index contributed by atoms with van der Waals surface area (Å²) in [5.74, 6) is 0.0679. The molecule has 2 heterocycles. The van der Waals surface area contributed by atoms with Gasteiger partial charge in [-0.1, -0.05) is 30.3 Å². The van der Waals surface area contributed by atoms with Crippen LogP contribution in [0.5, 0.6) is 0 Å². The van der Waals surface area contributed by atoms with Crippen molar-refractivity contribution in [1.29, 1.82) is 0 Å². The number of nitrogens with zero attached hydrogens (tertiary/aromatic N) is 3. The van der Waals surface area contributed by atoms with Gasteiger partial charge in [-0.15, -0.1) is 0 Å². The van der Waals surface area contributed by atoms with Gasteiger partial charge < -0.3 is 4.90 Å². The van der Waals surface area contributed by atoms with Crippen LogP contribution in [0.15, 0.2) is 42.7 Å². The van der Waals surface area contributed by atoms with Gasteiger partial charge in [0.2, 0.25) is 0 Å². The highest BCUT2D eigenvalue weighted by Crippen LogP contribution is 2.19. The second kappa shape index (κ2) is 6.76. The molecule has 1 atom stereocenters. The summed E-state index contributed by atoms with van der Waals surface area (Å²) < 4.78 is 25.1. The van der Waals surface area contributed by atoms with Crippen LogP contribution in [-0.2, 0) is 16.4 Å². The van der Waals surface area contributed by atoms with Gasteiger partial charge in [-0.25, -0.2) is 8.42 Å². The van der Waals surface area contributed by atoms with Gasteiger partial charge in [-0.3, -0.25) is 9.48 Å². The van der Waals surface area contributed by atoms with Gasteiger partial charge in [0.15, 0.2) is 9.84 Å². The zero-order chi connectivity index (χ0) is 17.2. The van der Waals surface area contributed by atoms with Crippen LogP contribution in [0.1, 0.15) is 29.3 Å². The van der Waals surface area contributed by atoms with Crippen LogP contribution in [0, 0.1) is 0 Å². The van der Waals surface area contributed by atoms with Crippen LogP contribution in [0.4, 0.5) is 0 Å². The molecule has 3 rings (SSSR count). The molecule has 1 aromatic carbocycles. The zero-order valence-corrected chi connectivity index (χ0v) is 14.4. The third-order valence-electron chi connectivity index (χ3n) is 4.32. The molecule has 1 amide bonds. The van der Waals surface area contributed by atoms with E-state index in [2.05, 4.69) is 5.10 Å². The third kappa shape index (κ3) is 3.67. The lowest BCUT2D eigenvalue weighted by molar-refractivity contribution is 0.0708. The fraction of sp³-hybridized carbons (Fsp3) is 0.412. The highest BCUT2D eigenvalue weighted by Gasteiger charge is 2.34. The number of hydrogen-bond donors (Lipinski definition) is 0. The zero-order valence-electron chi connectivity index (χ0n) is 13.6. The molecule has 7 heteroatoms. The van der Waals surface area contributed by atoms with E-state index in [-0.39, 0.29) is 23.5 Å². The van der Waals surface area contributed by atoms with Crippen molar-refractivity contribution in [1.82, 2.24) is 14.7 Å². The summed E-state index contributed by atoms with van der Waals surface area (Å²) in [5.41, 5.74) is 1.60. The molecule has 1 aliphatic rings. The summed E-state index contributed by atoms with van der Waals surface area (Å²) in [5, 5.41) is 4.26. The van der Waals surface area contributed by atoms with Crippen LogP contribution in [0.2, 0.25) is 0 Å². The average molecular weight is 347 g/mol. The summed E-state index contributed by atoms with van der Waals surface area (Å²) >= 11 is 0. The molecular weight excluding hydrogens is 326 g/mol. The van der Waals surface area contributed by atoms with E-state index < -0.39 is 9.84 Å². The van der Waals surface area contributed by atoms with E-state index in [1.54, 1.807) is 22.0 Å². The Morgan fingerprint density at radius 2 is 2.08 bits per heavy atom. The molecule has 1 aromatic heterocycles. The predicted molar refractivity (Wildman–Crippen MR) is 91.5 cm³/mol. The Balaban J connectivity index is 1.72. The Kier molecular flexibility index (Phi) is 4.71. The number of carbonyl (C=O) groups excluding carboxylic acids is 1. The molecule has 1 aliphatic heterocycles. The summed E-state index contributed by atoms with van der Waals surface area (Å²) in [6.45, 7) is 2.96. The standard InChI is InChI=1S/C17H21N3O3S/c1-2-20(16-8-9-24(22,23)13-16)17(21)15-10-18-19(12-15)11-14-6-4-3-5-7-14/h3-7,10,12,16H,2,8-9,11,13H2,1H3/t16-/m0/s1. The average Bonchev–Trinajstić information content (AvgIpc) is 3.16. The molecule has 0 saturated carbocycles. The van der Waals surface area contributed by atoms with Crippen LogP contribution >= 0.6 is 0 Å². The molecule has 2 aromatic rings. The molecule has 128 valence electrons. The summed E-state index contributed by atoms with van der Waals surface area (Å²) in [6, 6.07) is 9.66. The quantitative estimate of drug-likeness (QED) is 0.823.